The van der Waals surface area contributed by atoms with E-state index in [2.05, 4.69) is 47.7 Å². The molecule has 0 aliphatic rings. The summed E-state index contributed by atoms with van der Waals surface area (Å²) in [6, 6.07) is 16.6. The van der Waals surface area contributed by atoms with Crippen molar-refractivity contribution >= 4 is 17.3 Å². The van der Waals surface area contributed by atoms with Gasteiger partial charge in [0.05, 0.1) is 12.8 Å². The van der Waals surface area contributed by atoms with Gasteiger partial charge in [-0.1, -0.05) is 37.3 Å². The Kier molecular flexibility index (Phi) is 5.91. The van der Waals surface area contributed by atoms with E-state index in [1.54, 1.807) is 17.8 Å². The standard InChI is InChI=1S/C22H25N3O2.H2/c1-4-17-10-12-18(13-11-17)24-21-9-7-6-8-19(21)20-14-23-25(16(20)3)15-22(26)27-5-2;/h6-14,24H,4-5,15H2,1-3H3;1H. The highest BCUT2D eigenvalue weighted by atomic mass is 16.5. The summed E-state index contributed by atoms with van der Waals surface area (Å²) in [5, 5.41) is 7.86. The quantitative estimate of drug-likeness (QED) is 0.600. The van der Waals surface area contributed by atoms with Crippen LogP contribution in [-0.2, 0) is 22.5 Å². The van der Waals surface area contributed by atoms with E-state index < -0.39 is 0 Å². The number of aryl methyl sites for hydroxylation is 1. The maximum atomic E-state index is 11.8. The van der Waals surface area contributed by atoms with Gasteiger partial charge >= 0.3 is 5.97 Å². The number of nitrogens with one attached hydrogen (secondary N) is 1. The summed E-state index contributed by atoms with van der Waals surface area (Å²) in [6.07, 6.45) is 2.82. The highest BCUT2D eigenvalue weighted by Crippen LogP contribution is 2.32. The van der Waals surface area contributed by atoms with Crippen LogP contribution in [0.1, 0.15) is 26.5 Å². The van der Waals surface area contributed by atoms with Crippen molar-refractivity contribution in [3.05, 3.63) is 66.0 Å². The zero-order valence-corrected chi connectivity index (χ0v) is 16.0. The molecule has 0 saturated carbocycles. The van der Waals surface area contributed by atoms with Gasteiger partial charge in [0, 0.05) is 29.6 Å². The molecule has 5 heteroatoms. The lowest BCUT2D eigenvalue weighted by Gasteiger charge is -2.13. The minimum Gasteiger partial charge on any atom is -0.465 e. The van der Waals surface area contributed by atoms with Gasteiger partial charge in [-0.15, -0.1) is 0 Å². The smallest absolute Gasteiger partial charge is 0.327 e. The van der Waals surface area contributed by atoms with Crippen molar-refractivity contribution in [2.24, 2.45) is 0 Å². The van der Waals surface area contributed by atoms with Gasteiger partial charge in [0.25, 0.3) is 0 Å². The van der Waals surface area contributed by atoms with Crippen molar-refractivity contribution in [2.45, 2.75) is 33.7 Å². The molecule has 0 radical (unpaired) electrons. The molecule has 0 fully saturated rings. The highest BCUT2D eigenvalue weighted by molar-refractivity contribution is 5.82. The summed E-state index contributed by atoms with van der Waals surface area (Å²) in [6.45, 7) is 6.40. The lowest BCUT2D eigenvalue weighted by molar-refractivity contribution is -0.144. The van der Waals surface area contributed by atoms with Gasteiger partial charge in [0.15, 0.2) is 0 Å². The average molecular weight is 365 g/mol. The summed E-state index contributed by atoms with van der Waals surface area (Å²) in [5.41, 5.74) is 6.32. The second kappa shape index (κ2) is 8.54. The average Bonchev–Trinajstić information content (AvgIpc) is 3.03. The van der Waals surface area contributed by atoms with E-state index in [1.807, 2.05) is 25.1 Å². The maximum Gasteiger partial charge on any atom is 0.327 e. The fourth-order valence-electron chi connectivity index (χ4n) is 3.01. The topological polar surface area (TPSA) is 56.2 Å². The Labute approximate surface area is 161 Å². The molecule has 0 atom stereocenters. The molecule has 3 rings (SSSR count). The fourth-order valence-corrected chi connectivity index (χ4v) is 3.01. The zero-order chi connectivity index (χ0) is 19.2. The van der Waals surface area contributed by atoms with Gasteiger partial charge in [0.2, 0.25) is 0 Å². The number of rotatable bonds is 7. The largest absolute Gasteiger partial charge is 0.465 e. The molecule has 3 aromatic rings. The van der Waals surface area contributed by atoms with Crippen LogP contribution in [0.5, 0.6) is 0 Å². The Balaban J connectivity index is 0.00000280. The Hall–Kier alpha value is -3.08. The molecule has 1 aromatic heterocycles. The van der Waals surface area contributed by atoms with Crippen molar-refractivity contribution in [2.75, 3.05) is 11.9 Å². The third kappa shape index (κ3) is 4.37. The van der Waals surface area contributed by atoms with E-state index in [1.165, 1.54) is 5.56 Å². The number of ether oxygens (including phenoxy) is 1. The molecule has 0 spiro atoms. The van der Waals surface area contributed by atoms with Crippen LogP contribution in [-0.4, -0.2) is 22.4 Å². The number of esters is 1. The van der Waals surface area contributed by atoms with Crippen LogP contribution in [0.15, 0.2) is 54.7 Å². The predicted molar refractivity (Wildman–Crippen MR) is 110 cm³/mol. The Morgan fingerprint density at radius 1 is 1.11 bits per heavy atom. The Bertz CT molecular complexity index is 920. The van der Waals surface area contributed by atoms with E-state index in [0.717, 1.165) is 34.6 Å². The molecule has 0 unspecified atom stereocenters. The van der Waals surface area contributed by atoms with Gasteiger partial charge in [-0.3, -0.25) is 9.48 Å². The number of nitrogens with zero attached hydrogens (tertiary/aromatic N) is 2. The number of hydrogen-bond acceptors (Lipinski definition) is 4. The molecule has 1 N–H and O–H groups in total. The van der Waals surface area contributed by atoms with Gasteiger partial charge in [-0.2, -0.15) is 5.10 Å². The number of benzene rings is 2. The maximum absolute atomic E-state index is 11.8. The summed E-state index contributed by atoms with van der Waals surface area (Å²) < 4.78 is 6.71. The van der Waals surface area contributed by atoms with Gasteiger partial charge < -0.3 is 10.1 Å². The fraction of sp³-hybridized carbons (Fsp3) is 0.273. The Morgan fingerprint density at radius 3 is 2.56 bits per heavy atom. The van der Waals surface area contributed by atoms with E-state index >= 15 is 0 Å². The van der Waals surface area contributed by atoms with E-state index in [0.29, 0.717) is 6.61 Å². The minimum absolute atomic E-state index is 0. The second-order valence-corrected chi connectivity index (χ2v) is 6.33. The third-order valence-corrected chi connectivity index (χ3v) is 4.55. The number of aromatic nitrogens is 2. The van der Waals surface area contributed by atoms with Crippen molar-refractivity contribution in [3.63, 3.8) is 0 Å². The van der Waals surface area contributed by atoms with Crippen LogP contribution >= 0.6 is 0 Å². The molecule has 0 aliphatic heterocycles. The highest BCUT2D eigenvalue weighted by Gasteiger charge is 2.14. The van der Waals surface area contributed by atoms with Crippen LogP contribution < -0.4 is 5.32 Å². The number of carbonyl (C=O) groups is 1. The molecular formula is C22H27N3O2. The molecular weight excluding hydrogens is 338 g/mol. The molecule has 0 amide bonds. The SMILES string of the molecule is CCOC(=O)Cn1ncc(-c2ccccc2Nc2ccc(CC)cc2)c1C.[HH]. The second-order valence-electron chi connectivity index (χ2n) is 6.33. The van der Waals surface area contributed by atoms with Gasteiger partial charge in [-0.25, -0.2) is 0 Å². The molecule has 2 aromatic carbocycles. The molecule has 5 nitrogen and oxygen atoms in total. The van der Waals surface area contributed by atoms with E-state index in [4.69, 9.17) is 4.74 Å². The lowest BCUT2D eigenvalue weighted by atomic mass is 10.0. The minimum atomic E-state index is -0.280. The number of anilines is 2. The van der Waals surface area contributed by atoms with Crippen LogP contribution in [0.3, 0.4) is 0 Å². The van der Waals surface area contributed by atoms with Crippen molar-refractivity contribution in [1.82, 2.24) is 9.78 Å². The molecule has 1 heterocycles. The van der Waals surface area contributed by atoms with Crippen LogP contribution in [0.25, 0.3) is 11.1 Å². The van der Waals surface area contributed by atoms with Gasteiger partial charge in [0.1, 0.15) is 6.54 Å². The summed E-state index contributed by atoms with van der Waals surface area (Å²) >= 11 is 0. The first-order valence-electron chi connectivity index (χ1n) is 9.25. The first kappa shape index (κ1) is 18.7. The summed E-state index contributed by atoms with van der Waals surface area (Å²) in [5.74, 6) is -0.280. The number of hydrogen-bond donors (Lipinski definition) is 1. The third-order valence-electron chi connectivity index (χ3n) is 4.55. The molecule has 0 bridgehead atoms. The van der Waals surface area contributed by atoms with E-state index in [-0.39, 0.29) is 13.9 Å². The molecule has 142 valence electrons. The van der Waals surface area contributed by atoms with Crippen molar-refractivity contribution in [1.29, 1.82) is 0 Å². The van der Waals surface area contributed by atoms with E-state index in [9.17, 15) is 4.79 Å². The molecule has 0 aliphatic carbocycles. The van der Waals surface area contributed by atoms with Crippen LogP contribution in [0.2, 0.25) is 0 Å². The van der Waals surface area contributed by atoms with Crippen molar-refractivity contribution < 1.29 is 11.0 Å². The first-order valence-corrected chi connectivity index (χ1v) is 9.25. The van der Waals surface area contributed by atoms with Gasteiger partial charge in [-0.05, 0) is 44.0 Å². The lowest BCUT2D eigenvalue weighted by Crippen LogP contribution is -2.15. The molecule has 27 heavy (non-hydrogen) atoms. The monoisotopic (exact) mass is 365 g/mol. The number of carbonyl (C=O) groups excluding carboxylic acids is 1. The van der Waals surface area contributed by atoms with Crippen LogP contribution in [0.4, 0.5) is 11.4 Å². The summed E-state index contributed by atoms with van der Waals surface area (Å²) in [7, 11) is 0. The van der Waals surface area contributed by atoms with Crippen LogP contribution in [0, 0.1) is 6.92 Å². The normalized spacial score (nSPS) is 10.6. The Morgan fingerprint density at radius 2 is 1.85 bits per heavy atom. The summed E-state index contributed by atoms with van der Waals surface area (Å²) in [4.78, 5) is 11.8. The predicted octanol–water partition coefficient (Wildman–Crippen LogP) is 4.97. The molecule has 0 saturated heterocycles. The first-order chi connectivity index (χ1) is 13.1. The zero-order valence-electron chi connectivity index (χ0n) is 16.0. The number of para-hydroxylation sites is 1. The van der Waals surface area contributed by atoms with Crippen molar-refractivity contribution in [3.8, 4) is 11.1 Å².